The zero-order valence-corrected chi connectivity index (χ0v) is 20.3. The van der Waals surface area contributed by atoms with Gasteiger partial charge in [-0.3, -0.25) is 0 Å². The number of fused-ring (bicyclic) bond motifs is 5. The van der Waals surface area contributed by atoms with Gasteiger partial charge in [-0.1, -0.05) is 57.2 Å². The number of benzene rings is 4. The molecule has 0 unspecified atom stereocenters. The average molecular weight is 433 g/mol. The molecule has 0 aliphatic carbocycles. The smallest absolute Gasteiger partial charge is 0.228 e. The molecule has 0 atom stereocenters. The Morgan fingerprint density at radius 1 is 0.848 bits per heavy atom. The molecule has 0 bridgehead atoms. The SMILES string of the molecule is Cc1cccc2c(C)c3c(cc12)Oc1c2ccc(CC(C)(C)C)cc2cc2cc[n+](C)c-3c12. The standard InChI is InChI=1S/C31H30NO/c1-18-8-7-9-23-19(2)27-26(16-25(18)23)33-30-24-11-10-20(17-31(3,4)5)14-22(24)15-21-12-13-32(6)29(27)28(21)30/h7-16H,17H2,1-6H3/q+1. The Balaban J connectivity index is 1.70. The molecule has 1 aromatic heterocycles. The summed E-state index contributed by atoms with van der Waals surface area (Å²) in [4.78, 5) is 0. The van der Waals surface area contributed by atoms with E-state index < -0.39 is 0 Å². The first-order chi connectivity index (χ1) is 15.7. The van der Waals surface area contributed by atoms with Crippen molar-refractivity contribution < 1.29 is 9.30 Å². The summed E-state index contributed by atoms with van der Waals surface area (Å²) < 4.78 is 9.04. The first-order valence-electron chi connectivity index (χ1n) is 11.8. The van der Waals surface area contributed by atoms with E-state index in [4.69, 9.17) is 4.74 Å². The average Bonchev–Trinajstić information content (AvgIpc) is 2.75. The van der Waals surface area contributed by atoms with Gasteiger partial charge in [0.2, 0.25) is 5.69 Å². The summed E-state index contributed by atoms with van der Waals surface area (Å²) in [6.07, 6.45) is 3.24. The molecular formula is C31H30NO+. The molecule has 0 saturated heterocycles. The van der Waals surface area contributed by atoms with Crippen LogP contribution in [0.25, 0.3) is 43.6 Å². The number of rotatable bonds is 1. The van der Waals surface area contributed by atoms with Crippen LogP contribution in [-0.4, -0.2) is 0 Å². The number of hydrogen-bond donors (Lipinski definition) is 0. The second-order valence-corrected chi connectivity index (χ2v) is 10.9. The van der Waals surface area contributed by atoms with E-state index in [1.54, 1.807) is 0 Å². The molecule has 4 aromatic carbocycles. The van der Waals surface area contributed by atoms with Crippen molar-refractivity contribution in [3.63, 3.8) is 0 Å². The van der Waals surface area contributed by atoms with Crippen molar-refractivity contribution in [3.05, 3.63) is 77.5 Å². The monoisotopic (exact) mass is 432 g/mol. The van der Waals surface area contributed by atoms with E-state index in [2.05, 4.69) is 107 Å². The Morgan fingerprint density at radius 2 is 1.67 bits per heavy atom. The van der Waals surface area contributed by atoms with E-state index in [1.807, 2.05) is 0 Å². The number of aryl methyl sites for hydroxylation is 3. The molecule has 0 amide bonds. The zero-order chi connectivity index (χ0) is 23.1. The number of ether oxygens (including phenoxy) is 1. The summed E-state index contributed by atoms with van der Waals surface area (Å²) >= 11 is 0. The van der Waals surface area contributed by atoms with Gasteiger partial charge in [-0.15, -0.1) is 0 Å². The third kappa shape index (κ3) is 3.04. The van der Waals surface area contributed by atoms with E-state index in [1.165, 1.54) is 60.3 Å². The molecule has 5 aromatic rings. The summed E-state index contributed by atoms with van der Waals surface area (Å²) in [5.74, 6) is 1.94. The van der Waals surface area contributed by atoms with Gasteiger partial charge in [0.05, 0.1) is 10.9 Å². The fourth-order valence-electron chi connectivity index (χ4n) is 5.60. The minimum absolute atomic E-state index is 0.256. The molecule has 2 heteroatoms. The van der Waals surface area contributed by atoms with Crippen molar-refractivity contribution in [3.8, 4) is 22.8 Å². The highest BCUT2D eigenvalue weighted by molar-refractivity contribution is 6.13. The van der Waals surface area contributed by atoms with Crippen LogP contribution in [0.3, 0.4) is 0 Å². The van der Waals surface area contributed by atoms with Gasteiger partial charge >= 0.3 is 0 Å². The van der Waals surface area contributed by atoms with E-state index in [-0.39, 0.29) is 5.41 Å². The molecule has 1 aliphatic heterocycles. The lowest BCUT2D eigenvalue weighted by Gasteiger charge is -2.24. The zero-order valence-electron chi connectivity index (χ0n) is 20.3. The molecule has 2 nitrogen and oxygen atoms in total. The largest absolute Gasteiger partial charge is 0.455 e. The molecule has 0 radical (unpaired) electrons. The molecule has 2 heterocycles. The summed E-state index contributed by atoms with van der Waals surface area (Å²) in [5.41, 5.74) is 6.63. The molecule has 0 N–H and O–H groups in total. The lowest BCUT2D eigenvalue weighted by atomic mass is 9.86. The van der Waals surface area contributed by atoms with Crippen LogP contribution in [-0.2, 0) is 13.5 Å². The quantitative estimate of drug-likeness (QED) is 0.190. The van der Waals surface area contributed by atoms with Crippen LogP contribution in [0.2, 0.25) is 0 Å². The molecule has 0 fully saturated rings. The molecular weight excluding hydrogens is 402 g/mol. The number of pyridine rings is 1. The fraction of sp³-hybridized carbons (Fsp3) is 0.258. The van der Waals surface area contributed by atoms with Crippen molar-refractivity contribution in [2.24, 2.45) is 12.5 Å². The van der Waals surface area contributed by atoms with Gasteiger partial charge in [0.25, 0.3) is 0 Å². The molecule has 0 spiro atoms. The van der Waals surface area contributed by atoms with Crippen LogP contribution in [0.15, 0.2) is 60.8 Å². The van der Waals surface area contributed by atoms with Crippen molar-refractivity contribution in [2.45, 2.75) is 41.0 Å². The maximum absolute atomic E-state index is 6.79. The van der Waals surface area contributed by atoms with Crippen molar-refractivity contribution in [1.29, 1.82) is 0 Å². The van der Waals surface area contributed by atoms with Crippen LogP contribution in [0, 0.1) is 19.3 Å². The van der Waals surface area contributed by atoms with Crippen LogP contribution >= 0.6 is 0 Å². The molecule has 6 rings (SSSR count). The third-order valence-corrected chi connectivity index (χ3v) is 7.06. The first kappa shape index (κ1) is 20.2. The van der Waals surface area contributed by atoms with Gasteiger partial charge in [-0.2, -0.15) is 0 Å². The van der Waals surface area contributed by atoms with Crippen molar-refractivity contribution >= 4 is 32.3 Å². The van der Waals surface area contributed by atoms with E-state index in [0.717, 1.165) is 17.9 Å². The van der Waals surface area contributed by atoms with Crippen molar-refractivity contribution in [2.75, 3.05) is 0 Å². The second kappa shape index (κ2) is 6.81. The van der Waals surface area contributed by atoms with Crippen LogP contribution in [0.1, 0.15) is 37.5 Å². The number of hydrogen-bond acceptors (Lipinski definition) is 1. The summed E-state index contributed by atoms with van der Waals surface area (Å²) in [6.45, 7) is 11.3. The Labute approximate surface area is 195 Å². The second-order valence-electron chi connectivity index (χ2n) is 10.9. The van der Waals surface area contributed by atoms with E-state index in [9.17, 15) is 0 Å². The topological polar surface area (TPSA) is 13.1 Å². The van der Waals surface area contributed by atoms with Gasteiger partial charge < -0.3 is 4.74 Å². The van der Waals surface area contributed by atoms with Gasteiger partial charge in [0.15, 0.2) is 6.20 Å². The highest BCUT2D eigenvalue weighted by Crippen LogP contribution is 2.51. The van der Waals surface area contributed by atoms with E-state index in [0.29, 0.717) is 0 Å². The highest BCUT2D eigenvalue weighted by atomic mass is 16.5. The third-order valence-electron chi connectivity index (χ3n) is 7.06. The van der Waals surface area contributed by atoms with Gasteiger partial charge in [-0.05, 0) is 76.1 Å². The highest BCUT2D eigenvalue weighted by Gasteiger charge is 2.31. The lowest BCUT2D eigenvalue weighted by molar-refractivity contribution is -0.659. The van der Waals surface area contributed by atoms with Crippen LogP contribution in [0.5, 0.6) is 11.5 Å². The Kier molecular flexibility index (Phi) is 4.17. The normalized spacial score (nSPS) is 12.9. The first-order valence-corrected chi connectivity index (χ1v) is 11.8. The Morgan fingerprint density at radius 3 is 2.45 bits per heavy atom. The Bertz CT molecular complexity index is 1620. The number of aromatic nitrogens is 1. The maximum Gasteiger partial charge on any atom is 0.228 e. The maximum atomic E-state index is 6.79. The van der Waals surface area contributed by atoms with Gasteiger partial charge in [-0.25, -0.2) is 4.57 Å². The Hall–Kier alpha value is -3.39. The number of nitrogens with zero attached hydrogens (tertiary/aromatic N) is 1. The predicted molar refractivity (Wildman–Crippen MR) is 138 cm³/mol. The molecule has 33 heavy (non-hydrogen) atoms. The molecule has 0 saturated carbocycles. The van der Waals surface area contributed by atoms with Gasteiger partial charge in [0.1, 0.15) is 18.5 Å². The molecule has 164 valence electrons. The van der Waals surface area contributed by atoms with Gasteiger partial charge in [0, 0.05) is 11.5 Å². The minimum atomic E-state index is 0.256. The summed E-state index contributed by atoms with van der Waals surface area (Å²) in [7, 11) is 2.14. The van der Waals surface area contributed by atoms with Crippen molar-refractivity contribution in [1.82, 2.24) is 0 Å². The summed E-state index contributed by atoms with van der Waals surface area (Å²) in [5, 5.41) is 7.42. The minimum Gasteiger partial charge on any atom is -0.455 e. The fourth-order valence-corrected chi connectivity index (χ4v) is 5.60. The predicted octanol–water partition coefficient (Wildman–Crippen LogP) is 7.95. The molecule has 1 aliphatic rings. The summed E-state index contributed by atoms with van der Waals surface area (Å²) in [6, 6.07) is 20.2. The van der Waals surface area contributed by atoms with Crippen LogP contribution in [0.4, 0.5) is 0 Å². The van der Waals surface area contributed by atoms with E-state index >= 15 is 0 Å². The van der Waals surface area contributed by atoms with Crippen LogP contribution < -0.4 is 9.30 Å². The lowest BCUT2D eigenvalue weighted by Crippen LogP contribution is -2.31.